The molecule has 18 heavy (non-hydrogen) atoms. The van der Waals surface area contributed by atoms with Crippen molar-refractivity contribution >= 4 is 11.6 Å². The van der Waals surface area contributed by atoms with E-state index in [0.717, 1.165) is 17.8 Å². The molecule has 3 N–H and O–H groups in total. The van der Waals surface area contributed by atoms with Crippen LogP contribution in [0.25, 0.3) is 0 Å². The number of nitrogens with two attached hydrogens (primary N) is 1. The van der Waals surface area contributed by atoms with Crippen molar-refractivity contribution in [3.63, 3.8) is 0 Å². The van der Waals surface area contributed by atoms with Gasteiger partial charge in [0.15, 0.2) is 0 Å². The number of hydrogen-bond donors (Lipinski definition) is 2. The van der Waals surface area contributed by atoms with Crippen LogP contribution in [-0.2, 0) is 11.3 Å². The van der Waals surface area contributed by atoms with Gasteiger partial charge in [0.05, 0.1) is 6.54 Å². The third-order valence-corrected chi connectivity index (χ3v) is 2.70. The molecule has 4 nitrogen and oxygen atoms in total. The van der Waals surface area contributed by atoms with Crippen LogP contribution in [0, 0.1) is 0 Å². The summed E-state index contributed by atoms with van der Waals surface area (Å²) in [5.74, 6) is 0.0507. The molecule has 0 aliphatic carbocycles. The molecule has 1 aromatic carbocycles. The number of nitrogens with zero attached hydrogens (tertiary/aromatic N) is 1. The molecular formula is C14H23N3O. The highest BCUT2D eigenvalue weighted by Gasteiger charge is 2.10. The van der Waals surface area contributed by atoms with Crippen LogP contribution >= 0.6 is 0 Å². The average Bonchev–Trinajstić information content (AvgIpc) is 2.35. The molecule has 0 heterocycles. The van der Waals surface area contributed by atoms with Crippen molar-refractivity contribution in [1.29, 1.82) is 0 Å². The summed E-state index contributed by atoms with van der Waals surface area (Å²) in [6.45, 7) is 7.69. The summed E-state index contributed by atoms with van der Waals surface area (Å²) >= 11 is 0. The van der Waals surface area contributed by atoms with E-state index in [1.54, 1.807) is 0 Å². The summed E-state index contributed by atoms with van der Waals surface area (Å²) < 4.78 is 0. The van der Waals surface area contributed by atoms with Crippen LogP contribution in [0.15, 0.2) is 24.3 Å². The van der Waals surface area contributed by atoms with Gasteiger partial charge in [-0.2, -0.15) is 0 Å². The number of likely N-dealkylation sites (N-methyl/N-ethyl adjacent to an activating group) is 1. The second-order valence-electron chi connectivity index (χ2n) is 4.61. The van der Waals surface area contributed by atoms with Crippen molar-refractivity contribution in [3.05, 3.63) is 29.8 Å². The molecule has 4 heteroatoms. The molecule has 0 fully saturated rings. The first-order valence-electron chi connectivity index (χ1n) is 6.40. The Balaban J connectivity index is 2.67. The fourth-order valence-corrected chi connectivity index (χ4v) is 1.77. The topological polar surface area (TPSA) is 58.4 Å². The number of anilines is 1. The van der Waals surface area contributed by atoms with Crippen molar-refractivity contribution in [2.75, 3.05) is 18.0 Å². The lowest BCUT2D eigenvalue weighted by Gasteiger charge is -2.23. The van der Waals surface area contributed by atoms with Gasteiger partial charge < -0.3 is 16.0 Å². The van der Waals surface area contributed by atoms with Gasteiger partial charge in [-0.3, -0.25) is 4.79 Å². The Labute approximate surface area is 109 Å². The normalized spacial score (nSPS) is 10.5. The van der Waals surface area contributed by atoms with E-state index in [9.17, 15) is 4.79 Å². The van der Waals surface area contributed by atoms with Crippen LogP contribution < -0.4 is 16.0 Å². The molecular weight excluding hydrogens is 226 g/mol. The van der Waals surface area contributed by atoms with Gasteiger partial charge in [0.1, 0.15) is 0 Å². The van der Waals surface area contributed by atoms with E-state index in [4.69, 9.17) is 5.73 Å². The number of carbonyl (C=O) groups excluding carboxylic acids is 1. The molecule has 1 amide bonds. The minimum Gasteiger partial charge on any atom is -0.363 e. The first kappa shape index (κ1) is 14.5. The molecule has 100 valence electrons. The monoisotopic (exact) mass is 249 g/mol. The predicted molar refractivity (Wildman–Crippen MR) is 75.5 cm³/mol. The molecule has 1 aromatic rings. The Morgan fingerprint density at radius 2 is 1.94 bits per heavy atom. The summed E-state index contributed by atoms with van der Waals surface area (Å²) in [6, 6.07) is 8.19. The van der Waals surface area contributed by atoms with Gasteiger partial charge in [-0.25, -0.2) is 0 Å². The Kier molecular flexibility index (Phi) is 5.65. The Hall–Kier alpha value is -1.55. The van der Waals surface area contributed by atoms with Gasteiger partial charge >= 0.3 is 0 Å². The minimum absolute atomic E-state index is 0.0507. The Morgan fingerprint density at radius 1 is 1.33 bits per heavy atom. The van der Waals surface area contributed by atoms with Gasteiger partial charge in [0.25, 0.3) is 0 Å². The fraction of sp³-hybridized carbons (Fsp3) is 0.500. The summed E-state index contributed by atoms with van der Waals surface area (Å²) in [6.07, 6.45) is 0. The van der Waals surface area contributed by atoms with E-state index in [0.29, 0.717) is 13.1 Å². The first-order chi connectivity index (χ1) is 8.56. The molecule has 0 saturated heterocycles. The van der Waals surface area contributed by atoms with Crippen LogP contribution in [0.2, 0.25) is 0 Å². The quantitative estimate of drug-likeness (QED) is 0.803. The van der Waals surface area contributed by atoms with Gasteiger partial charge in [-0.15, -0.1) is 0 Å². The zero-order valence-electron chi connectivity index (χ0n) is 11.4. The lowest BCUT2D eigenvalue weighted by molar-refractivity contribution is -0.120. The van der Waals surface area contributed by atoms with E-state index >= 15 is 0 Å². The fourth-order valence-electron chi connectivity index (χ4n) is 1.77. The van der Waals surface area contributed by atoms with E-state index in [2.05, 4.69) is 5.32 Å². The number of carbonyl (C=O) groups is 1. The predicted octanol–water partition coefficient (Wildman–Crippen LogP) is 1.50. The van der Waals surface area contributed by atoms with Crippen molar-refractivity contribution in [1.82, 2.24) is 5.32 Å². The first-order valence-corrected chi connectivity index (χ1v) is 6.40. The van der Waals surface area contributed by atoms with Gasteiger partial charge in [-0.05, 0) is 38.5 Å². The second-order valence-corrected chi connectivity index (χ2v) is 4.61. The van der Waals surface area contributed by atoms with Crippen LogP contribution in [-0.4, -0.2) is 25.0 Å². The molecule has 1 rings (SSSR count). The van der Waals surface area contributed by atoms with Crippen molar-refractivity contribution < 1.29 is 4.79 Å². The summed E-state index contributed by atoms with van der Waals surface area (Å²) in [5, 5.41) is 2.90. The molecule has 0 unspecified atom stereocenters. The molecule has 0 saturated carbocycles. The highest BCUT2D eigenvalue weighted by atomic mass is 16.2. The standard InChI is InChI=1S/C14H23N3O/c1-4-17(10-14(18)16-11(2)3)13-7-5-12(9-15)6-8-13/h5-8,11H,4,9-10,15H2,1-3H3,(H,16,18). The summed E-state index contributed by atoms with van der Waals surface area (Å²) in [4.78, 5) is 13.8. The number of benzene rings is 1. The van der Waals surface area contributed by atoms with Crippen LogP contribution in [0.1, 0.15) is 26.3 Å². The van der Waals surface area contributed by atoms with Gasteiger partial charge in [0, 0.05) is 24.8 Å². The molecule has 0 bridgehead atoms. The maximum atomic E-state index is 11.7. The maximum Gasteiger partial charge on any atom is 0.239 e. The lowest BCUT2D eigenvalue weighted by atomic mass is 10.2. The molecule has 0 aliphatic rings. The van der Waals surface area contributed by atoms with E-state index < -0.39 is 0 Å². The maximum absolute atomic E-state index is 11.7. The summed E-state index contributed by atoms with van der Waals surface area (Å²) in [5.41, 5.74) is 7.71. The molecule has 0 radical (unpaired) electrons. The number of rotatable bonds is 6. The summed E-state index contributed by atoms with van der Waals surface area (Å²) in [7, 11) is 0. The Morgan fingerprint density at radius 3 is 2.39 bits per heavy atom. The zero-order valence-corrected chi connectivity index (χ0v) is 11.4. The SMILES string of the molecule is CCN(CC(=O)NC(C)C)c1ccc(CN)cc1. The lowest BCUT2D eigenvalue weighted by Crippen LogP contribution is -2.40. The second kappa shape index (κ2) is 7.01. The Bertz CT molecular complexity index is 373. The van der Waals surface area contributed by atoms with Crippen LogP contribution in [0.3, 0.4) is 0 Å². The van der Waals surface area contributed by atoms with Gasteiger partial charge in [0.2, 0.25) is 5.91 Å². The van der Waals surface area contributed by atoms with Gasteiger partial charge in [-0.1, -0.05) is 12.1 Å². The van der Waals surface area contributed by atoms with E-state index in [1.165, 1.54) is 0 Å². The number of amides is 1. The van der Waals surface area contributed by atoms with Crippen LogP contribution in [0.4, 0.5) is 5.69 Å². The third kappa shape index (κ3) is 4.37. The smallest absolute Gasteiger partial charge is 0.239 e. The minimum atomic E-state index is 0.0507. The van der Waals surface area contributed by atoms with E-state index in [1.807, 2.05) is 49.9 Å². The highest BCUT2D eigenvalue weighted by Crippen LogP contribution is 2.14. The molecule has 0 aromatic heterocycles. The van der Waals surface area contributed by atoms with Crippen LogP contribution in [0.5, 0.6) is 0 Å². The zero-order chi connectivity index (χ0) is 13.5. The van der Waals surface area contributed by atoms with Crippen molar-refractivity contribution in [2.45, 2.75) is 33.4 Å². The third-order valence-electron chi connectivity index (χ3n) is 2.70. The molecule has 0 aliphatic heterocycles. The molecule has 0 spiro atoms. The average molecular weight is 249 g/mol. The van der Waals surface area contributed by atoms with E-state index in [-0.39, 0.29) is 11.9 Å². The van der Waals surface area contributed by atoms with Crippen molar-refractivity contribution in [3.8, 4) is 0 Å². The number of nitrogens with one attached hydrogen (secondary N) is 1. The largest absolute Gasteiger partial charge is 0.363 e. The number of hydrogen-bond acceptors (Lipinski definition) is 3. The highest BCUT2D eigenvalue weighted by molar-refractivity contribution is 5.81. The molecule has 0 atom stereocenters. The van der Waals surface area contributed by atoms with Crippen molar-refractivity contribution in [2.24, 2.45) is 5.73 Å².